The van der Waals surface area contributed by atoms with Gasteiger partial charge in [-0.2, -0.15) is 0 Å². The van der Waals surface area contributed by atoms with Gasteiger partial charge in [0.2, 0.25) is 11.8 Å². The van der Waals surface area contributed by atoms with Crippen molar-refractivity contribution in [2.75, 3.05) is 23.7 Å². The molecule has 0 unspecified atom stereocenters. The van der Waals surface area contributed by atoms with Crippen LogP contribution in [0.25, 0.3) is 0 Å². The molecule has 1 aromatic carbocycles. The van der Waals surface area contributed by atoms with Crippen molar-refractivity contribution in [2.45, 2.75) is 52.4 Å². The Morgan fingerprint density at radius 3 is 2.25 bits per heavy atom. The highest BCUT2D eigenvalue weighted by atomic mass is 16.2. The van der Waals surface area contributed by atoms with Crippen molar-refractivity contribution in [1.29, 1.82) is 0 Å². The van der Waals surface area contributed by atoms with Crippen molar-refractivity contribution in [3.05, 3.63) is 23.8 Å². The lowest BCUT2D eigenvalue weighted by atomic mass is 9.93. The fraction of sp³-hybridized carbons (Fsp3) is 0.579. The summed E-state index contributed by atoms with van der Waals surface area (Å²) in [7, 11) is 0. The number of rotatable bonds is 7. The van der Waals surface area contributed by atoms with Crippen molar-refractivity contribution in [2.24, 2.45) is 5.92 Å². The van der Waals surface area contributed by atoms with Gasteiger partial charge in [0.15, 0.2) is 0 Å². The molecule has 5 nitrogen and oxygen atoms in total. The van der Waals surface area contributed by atoms with E-state index in [0.717, 1.165) is 55.7 Å². The fourth-order valence-electron chi connectivity index (χ4n) is 3.06. The molecule has 0 radical (unpaired) electrons. The number of hydrogen-bond acceptors (Lipinski definition) is 3. The summed E-state index contributed by atoms with van der Waals surface area (Å²) in [6.07, 6.45) is 5.14. The average molecular weight is 331 g/mol. The topological polar surface area (TPSA) is 70.2 Å². The Balaban J connectivity index is 1.88. The van der Waals surface area contributed by atoms with Crippen LogP contribution in [0.3, 0.4) is 0 Å². The first-order valence-electron chi connectivity index (χ1n) is 9.00. The molecule has 2 amide bonds. The molecule has 5 heteroatoms. The maximum absolute atomic E-state index is 12.2. The zero-order valence-electron chi connectivity index (χ0n) is 14.8. The summed E-state index contributed by atoms with van der Waals surface area (Å²) in [5.41, 5.74) is 2.45. The van der Waals surface area contributed by atoms with Crippen LogP contribution in [0.2, 0.25) is 0 Å². The normalized spacial score (nSPS) is 15.1. The first kappa shape index (κ1) is 18.5. The molecular weight excluding hydrogens is 302 g/mol. The van der Waals surface area contributed by atoms with Crippen LogP contribution in [0, 0.1) is 12.8 Å². The van der Waals surface area contributed by atoms with Gasteiger partial charge in [0, 0.05) is 24.2 Å². The summed E-state index contributed by atoms with van der Waals surface area (Å²) in [6, 6.07) is 5.61. The van der Waals surface area contributed by atoms with E-state index in [1.807, 2.05) is 32.0 Å². The van der Waals surface area contributed by atoms with Gasteiger partial charge in [0.25, 0.3) is 0 Å². The molecule has 0 aliphatic carbocycles. The standard InChI is InChI=1S/C19H29N3O2/c1-3-5-18(23)21-16-6-4-7-17(14(16)2)22-19(24)9-8-15-10-12-20-13-11-15/h4,6-7,15,20H,3,5,8-13H2,1-2H3,(H,21,23)(H,22,24). The van der Waals surface area contributed by atoms with Gasteiger partial charge in [-0.25, -0.2) is 0 Å². The van der Waals surface area contributed by atoms with Crippen molar-refractivity contribution >= 4 is 23.2 Å². The molecular formula is C19H29N3O2. The van der Waals surface area contributed by atoms with Gasteiger partial charge in [0.1, 0.15) is 0 Å². The summed E-state index contributed by atoms with van der Waals surface area (Å²) in [5, 5.41) is 9.25. The average Bonchev–Trinajstić information content (AvgIpc) is 2.58. The highest BCUT2D eigenvalue weighted by molar-refractivity contribution is 5.95. The molecule has 1 heterocycles. The molecule has 0 saturated carbocycles. The van der Waals surface area contributed by atoms with Crippen LogP contribution < -0.4 is 16.0 Å². The number of nitrogens with one attached hydrogen (secondary N) is 3. The monoisotopic (exact) mass is 331 g/mol. The molecule has 1 aliphatic heterocycles. The minimum Gasteiger partial charge on any atom is -0.326 e. The van der Waals surface area contributed by atoms with E-state index in [1.54, 1.807) is 0 Å². The summed E-state index contributed by atoms with van der Waals surface area (Å²) >= 11 is 0. The maximum Gasteiger partial charge on any atom is 0.224 e. The second-order valence-electron chi connectivity index (χ2n) is 6.56. The molecule has 1 fully saturated rings. The minimum atomic E-state index is 0.00924. The molecule has 132 valence electrons. The van der Waals surface area contributed by atoms with E-state index < -0.39 is 0 Å². The highest BCUT2D eigenvalue weighted by Crippen LogP contribution is 2.24. The van der Waals surface area contributed by atoms with Crippen LogP contribution in [0.4, 0.5) is 11.4 Å². The molecule has 0 bridgehead atoms. The Morgan fingerprint density at radius 2 is 1.67 bits per heavy atom. The van der Waals surface area contributed by atoms with Gasteiger partial charge in [-0.3, -0.25) is 9.59 Å². The van der Waals surface area contributed by atoms with Crippen molar-refractivity contribution < 1.29 is 9.59 Å². The summed E-state index contributed by atoms with van der Waals surface area (Å²) in [5.74, 6) is 0.710. The second-order valence-corrected chi connectivity index (χ2v) is 6.56. The highest BCUT2D eigenvalue weighted by Gasteiger charge is 2.15. The predicted molar refractivity (Wildman–Crippen MR) is 98.2 cm³/mol. The van der Waals surface area contributed by atoms with Crippen molar-refractivity contribution in [1.82, 2.24) is 5.32 Å². The van der Waals surface area contributed by atoms with Gasteiger partial charge < -0.3 is 16.0 Å². The van der Waals surface area contributed by atoms with Gasteiger partial charge in [0.05, 0.1) is 0 Å². The Hall–Kier alpha value is -1.88. The Morgan fingerprint density at radius 1 is 1.08 bits per heavy atom. The van der Waals surface area contributed by atoms with E-state index in [1.165, 1.54) is 0 Å². The van der Waals surface area contributed by atoms with Crippen LogP contribution in [-0.4, -0.2) is 24.9 Å². The molecule has 1 aliphatic rings. The lowest BCUT2D eigenvalue weighted by Crippen LogP contribution is -2.28. The summed E-state index contributed by atoms with van der Waals surface area (Å²) in [6.45, 7) is 6.02. The van der Waals surface area contributed by atoms with E-state index in [2.05, 4.69) is 16.0 Å². The number of piperidine rings is 1. The Bertz CT molecular complexity index is 566. The third-order valence-electron chi connectivity index (χ3n) is 4.60. The largest absolute Gasteiger partial charge is 0.326 e. The summed E-state index contributed by atoms with van der Waals surface area (Å²) in [4.78, 5) is 24.0. The van der Waals surface area contributed by atoms with E-state index in [-0.39, 0.29) is 11.8 Å². The van der Waals surface area contributed by atoms with Crippen molar-refractivity contribution in [3.63, 3.8) is 0 Å². The number of hydrogen-bond donors (Lipinski definition) is 3. The minimum absolute atomic E-state index is 0.00924. The lowest BCUT2D eigenvalue weighted by molar-refractivity contribution is -0.117. The third-order valence-corrected chi connectivity index (χ3v) is 4.60. The van der Waals surface area contributed by atoms with Crippen molar-refractivity contribution in [3.8, 4) is 0 Å². The first-order valence-corrected chi connectivity index (χ1v) is 9.00. The molecule has 1 aromatic rings. The number of benzene rings is 1. The van der Waals surface area contributed by atoms with Crippen LogP contribution in [0.1, 0.15) is 51.0 Å². The molecule has 3 N–H and O–H groups in total. The maximum atomic E-state index is 12.2. The molecule has 0 spiro atoms. The lowest BCUT2D eigenvalue weighted by Gasteiger charge is -2.22. The fourth-order valence-corrected chi connectivity index (χ4v) is 3.06. The predicted octanol–water partition coefficient (Wildman–Crippen LogP) is 3.45. The van der Waals surface area contributed by atoms with Gasteiger partial charge in [-0.15, -0.1) is 0 Å². The number of anilines is 2. The van der Waals surface area contributed by atoms with Crippen LogP contribution >= 0.6 is 0 Å². The van der Waals surface area contributed by atoms with Gasteiger partial charge in [-0.1, -0.05) is 13.0 Å². The first-order chi connectivity index (χ1) is 11.6. The number of amides is 2. The van der Waals surface area contributed by atoms with E-state index >= 15 is 0 Å². The second kappa shape index (κ2) is 9.42. The van der Waals surface area contributed by atoms with Crippen LogP contribution in [-0.2, 0) is 9.59 Å². The van der Waals surface area contributed by atoms with E-state index in [4.69, 9.17) is 0 Å². The SMILES string of the molecule is CCCC(=O)Nc1cccc(NC(=O)CCC2CCNCC2)c1C. The number of carbonyl (C=O) groups excluding carboxylic acids is 2. The van der Waals surface area contributed by atoms with E-state index in [0.29, 0.717) is 18.8 Å². The quantitative estimate of drug-likeness (QED) is 0.716. The Kier molecular flexibility index (Phi) is 7.25. The van der Waals surface area contributed by atoms with Crippen LogP contribution in [0.15, 0.2) is 18.2 Å². The zero-order chi connectivity index (χ0) is 17.4. The van der Waals surface area contributed by atoms with Gasteiger partial charge >= 0.3 is 0 Å². The zero-order valence-corrected chi connectivity index (χ0v) is 14.8. The summed E-state index contributed by atoms with van der Waals surface area (Å²) < 4.78 is 0. The molecule has 24 heavy (non-hydrogen) atoms. The number of carbonyl (C=O) groups is 2. The molecule has 1 saturated heterocycles. The molecule has 0 atom stereocenters. The smallest absolute Gasteiger partial charge is 0.224 e. The van der Waals surface area contributed by atoms with Gasteiger partial charge in [-0.05, 0) is 69.3 Å². The molecule has 2 rings (SSSR count). The molecule has 0 aromatic heterocycles. The van der Waals surface area contributed by atoms with E-state index in [9.17, 15) is 9.59 Å². The third kappa shape index (κ3) is 5.64. The van der Waals surface area contributed by atoms with Crippen LogP contribution in [0.5, 0.6) is 0 Å². The Labute approximate surface area is 144 Å².